The lowest BCUT2D eigenvalue weighted by molar-refractivity contribution is -0.115. The van der Waals surface area contributed by atoms with Crippen LogP contribution in [0.3, 0.4) is 0 Å². The number of aliphatic hydroxyl groups excluding tert-OH is 1. The molecule has 0 bridgehead atoms. The Bertz CT molecular complexity index is 269. The van der Waals surface area contributed by atoms with E-state index >= 15 is 0 Å². The van der Waals surface area contributed by atoms with Gasteiger partial charge in [-0.3, -0.25) is 0 Å². The number of aldehydes is 2. The zero-order valence-electron chi connectivity index (χ0n) is 8.80. The second kappa shape index (κ2) is 9.09. The minimum atomic E-state index is -0.0995. The Morgan fingerprint density at radius 1 is 1.27 bits per heavy atom. The van der Waals surface area contributed by atoms with Gasteiger partial charge in [0.1, 0.15) is 12.6 Å². The van der Waals surface area contributed by atoms with Crippen molar-refractivity contribution in [3.8, 4) is 0 Å². The van der Waals surface area contributed by atoms with Gasteiger partial charge in [-0.05, 0) is 5.56 Å². The fourth-order valence-electron chi connectivity index (χ4n) is 0.791. The molecule has 1 rings (SSSR count). The fourth-order valence-corrected chi connectivity index (χ4v) is 0.791. The van der Waals surface area contributed by atoms with Gasteiger partial charge in [-0.15, -0.1) is 0 Å². The van der Waals surface area contributed by atoms with Gasteiger partial charge in [-0.25, -0.2) is 0 Å². The Labute approximate surface area is 89.7 Å². The SMILES string of the molecule is C[C@@H](C=O)CC=O.OCc1ccccc1. The van der Waals surface area contributed by atoms with E-state index in [2.05, 4.69) is 0 Å². The van der Waals surface area contributed by atoms with Gasteiger partial charge >= 0.3 is 0 Å². The second-order valence-corrected chi connectivity index (χ2v) is 3.16. The van der Waals surface area contributed by atoms with E-state index < -0.39 is 0 Å². The van der Waals surface area contributed by atoms with Crippen LogP contribution in [0.5, 0.6) is 0 Å². The maximum Gasteiger partial charge on any atom is 0.123 e. The lowest BCUT2D eigenvalue weighted by Gasteiger charge is -1.89. The molecule has 15 heavy (non-hydrogen) atoms. The molecule has 0 aliphatic heterocycles. The highest BCUT2D eigenvalue weighted by Gasteiger charge is 1.93. The summed E-state index contributed by atoms with van der Waals surface area (Å²) in [5.74, 6) is -0.0995. The van der Waals surface area contributed by atoms with Gasteiger partial charge in [0.2, 0.25) is 0 Å². The second-order valence-electron chi connectivity index (χ2n) is 3.16. The highest BCUT2D eigenvalue weighted by atomic mass is 16.3. The zero-order chi connectivity index (χ0) is 11.5. The molecule has 3 nitrogen and oxygen atoms in total. The lowest BCUT2D eigenvalue weighted by Crippen LogP contribution is -1.94. The maximum absolute atomic E-state index is 9.74. The zero-order valence-corrected chi connectivity index (χ0v) is 8.80. The van der Waals surface area contributed by atoms with Crippen molar-refractivity contribution in [3.05, 3.63) is 35.9 Å². The van der Waals surface area contributed by atoms with E-state index in [1.807, 2.05) is 30.3 Å². The van der Waals surface area contributed by atoms with Crippen LogP contribution in [-0.2, 0) is 16.2 Å². The van der Waals surface area contributed by atoms with E-state index in [0.717, 1.165) is 18.1 Å². The van der Waals surface area contributed by atoms with Crippen LogP contribution in [0.1, 0.15) is 18.9 Å². The van der Waals surface area contributed by atoms with Crippen LogP contribution >= 0.6 is 0 Å². The first-order chi connectivity index (χ1) is 7.24. The number of carbonyl (C=O) groups excluding carboxylic acids is 2. The topological polar surface area (TPSA) is 54.4 Å². The Hall–Kier alpha value is -1.48. The lowest BCUT2D eigenvalue weighted by atomic mass is 10.1. The molecule has 1 aromatic carbocycles. The largest absolute Gasteiger partial charge is 0.392 e. The summed E-state index contributed by atoms with van der Waals surface area (Å²) in [6.45, 7) is 1.85. The maximum atomic E-state index is 9.74. The number of carbonyl (C=O) groups is 2. The van der Waals surface area contributed by atoms with Gasteiger partial charge in [0, 0.05) is 12.3 Å². The molecule has 0 spiro atoms. The Morgan fingerprint density at radius 2 is 1.87 bits per heavy atom. The van der Waals surface area contributed by atoms with Crippen molar-refractivity contribution in [2.45, 2.75) is 20.0 Å². The summed E-state index contributed by atoms with van der Waals surface area (Å²) in [6.07, 6.45) is 1.87. The van der Waals surface area contributed by atoms with Crippen molar-refractivity contribution in [2.75, 3.05) is 0 Å². The summed E-state index contributed by atoms with van der Waals surface area (Å²) in [5.41, 5.74) is 0.965. The van der Waals surface area contributed by atoms with E-state index in [1.54, 1.807) is 6.92 Å². The first kappa shape index (κ1) is 13.5. The Kier molecular flexibility index (Phi) is 8.19. The fraction of sp³-hybridized carbons (Fsp3) is 0.333. The molecule has 0 amide bonds. The quantitative estimate of drug-likeness (QED) is 0.764. The number of benzene rings is 1. The predicted octanol–water partition coefficient (Wildman–Crippen LogP) is 1.59. The van der Waals surface area contributed by atoms with Crippen molar-refractivity contribution in [2.24, 2.45) is 5.92 Å². The monoisotopic (exact) mass is 208 g/mol. The molecule has 0 heterocycles. The summed E-state index contributed by atoms with van der Waals surface area (Å²) in [4.78, 5) is 19.4. The smallest absolute Gasteiger partial charge is 0.123 e. The molecule has 0 aliphatic carbocycles. The molecule has 0 aliphatic rings. The van der Waals surface area contributed by atoms with Gasteiger partial charge in [0.25, 0.3) is 0 Å². The Balaban J connectivity index is 0.000000265. The molecule has 0 aromatic heterocycles. The van der Waals surface area contributed by atoms with E-state index in [-0.39, 0.29) is 12.5 Å². The third-order valence-corrected chi connectivity index (χ3v) is 1.73. The van der Waals surface area contributed by atoms with Crippen molar-refractivity contribution in [1.82, 2.24) is 0 Å². The van der Waals surface area contributed by atoms with Crippen molar-refractivity contribution in [1.29, 1.82) is 0 Å². The number of hydrogen-bond acceptors (Lipinski definition) is 3. The molecule has 0 unspecified atom stereocenters. The van der Waals surface area contributed by atoms with Crippen molar-refractivity contribution in [3.63, 3.8) is 0 Å². The van der Waals surface area contributed by atoms with Crippen LogP contribution in [0, 0.1) is 5.92 Å². The summed E-state index contributed by atoms with van der Waals surface area (Å²) in [7, 11) is 0. The summed E-state index contributed by atoms with van der Waals surface area (Å²) in [5, 5.41) is 8.54. The Morgan fingerprint density at radius 3 is 2.13 bits per heavy atom. The molecule has 3 heteroatoms. The number of aliphatic hydroxyl groups is 1. The van der Waals surface area contributed by atoms with Gasteiger partial charge in [-0.2, -0.15) is 0 Å². The average Bonchev–Trinajstić information content (AvgIpc) is 2.31. The van der Waals surface area contributed by atoms with Crippen LogP contribution in [0.2, 0.25) is 0 Å². The normalized spacial score (nSPS) is 10.8. The molecular weight excluding hydrogens is 192 g/mol. The summed E-state index contributed by atoms with van der Waals surface area (Å²) < 4.78 is 0. The third kappa shape index (κ3) is 7.58. The van der Waals surface area contributed by atoms with Crippen molar-refractivity contribution >= 4 is 12.6 Å². The first-order valence-electron chi connectivity index (χ1n) is 4.78. The van der Waals surface area contributed by atoms with Crippen LogP contribution in [-0.4, -0.2) is 17.7 Å². The van der Waals surface area contributed by atoms with E-state index in [9.17, 15) is 9.59 Å². The van der Waals surface area contributed by atoms with Crippen LogP contribution in [0.4, 0.5) is 0 Å². The highest BCUT2D eigenvalue weighted by molar-refractivity contribution is 5.61. The molecule has 1 N–H and O–H groups in total. The summed E-state index contributed by atoms with van der Waals surface area (Å²) >= 11 is 0. The molecule has 0 saturated carbocycles. The third-order valence-electron chi connectivity index (χ3n) is 1.73. The van der Waals surface area contributed by atoms with E-state index in [1.165, 1.54) is 0 Å². The van der Waals surface area contributed by atoms with Gasteiger partial charge in [-0.1, -0.05) is 37.3 Å². The van der Waals surface area contributed by atoms with Crippen LogP contribution < -0.4 is 0 Å². The van der Waals surface area contributed by atoms with Crippen molar-refractivity contribution < 1.29 is 14.7 Å². The number of rotatable bonds is 4. The molecule has 0 saturated heterocycles. The highest BCUT2D eigenvalue weighted by Crippen LogP contribution is 1.95. The standard InChI is InChI=1S/C7H8O.C5H8O2/c8-6-7-4-2-1-3-5-7;1-5(4-7)2-3-6/h1-5,8H,6H2;3-5H,2H2,1H3/t;5-/m.1/s1. The average molecular weight is 208 g/mol. The summed E-state index contributed by atoms with van der Waals surface area (Å²) in [6, 6.07) is 9.52. The molecule has 82 valence electrons. The predicted molar refractivity (Wildman–Crippen MR) is 58.3 cm³/mol. The van der Waals surface area contributed by atoms with Gasteiger partial charge < -0.3 is 14.7 Å². The van der Waals surface area contributed by atoms with Crippen LogP contribution in [0.25, 0.3) is 0 Å². The minimum absolute atomic E-state index is 0.0995. The van der Waals surface area contributed by atoms with Crippen LogP contribution in [0.15, 0.2) is 30.3 Å². The molecule has 0 radical (unpaired) electrons. The van der Waals surface area contributed by atoms with Gasteiger partial charge in [0.05, 0.1) is 6.61 Å². The number of hydrogen-bond donors (Lipinski definition) is 1. The van der Waals surface area contributed by atoms with Gasteiger partial charge in [0.15, 0.2) is 0 Å². The molecule has 0 fully saturated rings. The molecular formula is C12H16O3. The first-order valence-corrected chi connectivity index (χ1v) is 4.78. The molecule has 1 atom stereocenters. The van der Waals surface area contributed by atoms with E-state index in [4.69, 9.17) is 5.11 Å². The van der Waals surface area contributed by atoms with E-state index in [0.29, 0.717) is 6.42 Å². The minimum Gasteiger partial charge on any atom is -0.392 e. The molecule has 1 aromatic rings.